The molecule has 4 aromatic heterocycles. The second-order valence-electron chi connectivity index (χ2n) is 12.9. The van der Waals surface area contributed by atoms with Crippen molar-refractivity contribution in [3.05, 3.63) is 77.5 Å². The van der Waals surface area contributed by atoms with Gasteiger partial charge >= 0.3 is 5.97 Å². The lowest BCUT2D eigenvalue weighted by Crippen LogP contribution is -2.68. The van der Waals surface area contributed by atoms with Crippen LogP contribution in [0.25, 0.3) is 22.1 Å². The van der Waals surface area contributed by atoms with Gasteiger partial charge in [-0.2, -0.15) is 0 Å². The summed E-state index contributed by atoms with van der Waals surface area (Å²) in [5.41, 5.74) is 3.33. The molecule has 3 saturated heterocycles. The summed E-state index contributed by atoms with van der Waals surface area (Å²) in [7, 11) is 0. The maximum atomic E-state index is 14.1. The normalized spacial score (nSPS) is 21.2. The third-order valence-corrected chi connectivity index (χ3v) is 9.86. The first-order chi connectivity index (χ1) is 24.7. The van der Waals surface area contributed by atoms with Gasteiger partial charge in [-0.15, -0.1) is 0 Å². The van der Waals surface area contributed by atoms with Gasteiger partial charge in [0.05, 0.1) is 38.1 Å². The van der Waals surface area contributed by atoms with Crippen molar-refractivity contribution in [2.24, 2.45) is 0 Å². The zero-order chi connectivity index (χ0) is 35.3. The predicted octanol–water partition coefficient (Wildman–Crippen LogP) is 5.17. The minimum absolute atomic E-state index is 0.0166. The number of morpholine rings is 1. The Labute approximate surface area is 291 Å². The zero-order valence-corrected chi connectivity index (χ0v) is 27.9. The molecule has 3 aliphatic heterocycles. The quantitative estimate of drug-likeness (QED) is 0.225. The van der Waals surface area contributed by atoms with Gasteiger partial charge in [-0.3, -0.25) is 4.98 Å². The SMILES string of the molecule is CCc1ncccc1C#Cc1cnc(O[C@H]2C[C@@H](C(=O)O)N(c3nc(C(F)F)nc4c3oc3ccccc34)C2)c(N2CCOC3(COC3)[C@@H]2C)c1. The number of fused-ring (bicyclic) bond motifs is 3. The number of hydrogen-bond acceptors (Lipinski definition) is 11. The minimum Gasteiger partial charge on any atom is -0.480 e. The zero-order valence-electron chi connectivity index (χ0n) is 27.9. The van der Waals surface area contributed by atoms with Crippen molar-refractivity contribution in [3.63, 3.8) is 0 Å². The van der Waals surface area contributed by atoms with Crippen LogP contribution in [0.5, 0.6) is 5.88 Å². The maximum absolute atomic E-state index is 14.1. The van der Waals surface area contributed by atoms with Gasteiger partial charge in [0.15, 0.2) is 17.2 Å². The van der Waals surface area contributed by atoms with Crippen molar-refractivity contribution in [2.45, 2.75) is 56.9 Å². The van der Waals surface area contributed by atoms with Crippen molar-refractivity contribution in [1.29, 1.82) is 0 Å². The first-order valence-corrected chi connectivity index (χ1v) is 16.8. The molecule has 8 rings (SSSR count). The molecule has 3 fully saturated rings. The lowest BCUT2D eigenvalue weighted by Gasteiger charge is -2.53. The van der Waals surface area contributed by atoms with Gasteiger partial charge in [0.2, 0.25) is 5.88 Å². The molecular weight excluding hydrogens is 662 g/mol. The van der Waals surface area contributed by atoms with Gasteiger partial charge in [-0.25, -0.2) is 28.5 Å². The number of carboxylic acids is 1. The molecule has 1 spiro atoms. The largest absolute Gasteiger partial charge is 0.480 e. The fourth-order valence-electron chi connectivity index (χ4n) is 7.08. The molecule has 262 valence electrons. The first-order valence-electron chi connectivity index (χ1n) is 16.8. The molecule has 14 heteroatoms. The fourth-order valence-corrected chi connectivity index (χ4v) is 7.08. The number of carboxylic acid groups (broad SMARTS) is 1. The highest BCUT2D eigenvalue weighted by molar-refractivity contribution is 6.06. The number of aryl methyl sites for hydroxylation is 1. The molecule has 3 atom stereocenters. The van der Waals surface area contributed by atoms with Crippen molar-refractivity contribution >= 4 is 39.5 Å². The summed E-state index contributed by atoms with van der Waals surface area (Å²) in [5.74, 6) is 4.85. The van der Waals surface area contributed by atoms with Crippen molar-refractivity contribution in [3.8, 4) is 17.7 Å². The van der Waals surface area contributed by atoms with E-state index in [0.717, 1.165) is 17.7 Å². The molecule has 0 bridgehead atoms. The molecule has 5 aromatic rings. The Balaban J connectivity index is 1.16. The number of benzene rings is 1. The number of aliphatic carboxylic acids is 1. The molecular formula is C37H34F2N6O6. The Kier molecular flexibility index (Phi) is 8.40. The molecule has 0 aliphatic carbocycles. The van der Waals surface area contributed by atoms with Crippen LogP contribution in [0.4, 0.5) is 20.3 Å². The lowest BCUT2D eigenvalue weighted by molar-refractivity contribution is -0.228. The average molecular weight is 697 g/mol. The smallest absolute Gasteiger partial charge is 0.326 e. The van der Waals surface area contributed by atoms with Crippen LogP contribution in [0.3, 0.4) is 0 Å². The van der Waals surface area contributed by atoms with E-state index in [1.54, 1.807) is 36.7 Å². The number of halogens is 2. The third-order valence-electron chi connectivity index (χ3n) is 9.86. The molecule has 12 nitrogen and oxygen atoms in total. The van der Waals surface area contributed by atoms with Crippen molar-refractivity contribution < 1.29 is 37.3 Å². The van der Waals surface area contributed by atoms with Crippen LogP contribution in [0.1, 0.15) is 49.3 Å². The lowest BCUT2D eigenvalue weighted by atomic mass is 9.90. The van der Waals surface area contributed by atoms with E-state index in [0.29, 0.717) is 54.5 Å². The number of rotatable bonds is 7. The number of ether oxygens (including phenoxy) is 3. The third kappa shape index (κ3) is 5.86. The van der Waals surface area contributed by atoms with E-state index in [9.17, 15) is 18.7 Å². The van der Waals surface area contributed by atoms with Gasteiger partial charge in [-0.05, 0) is 43.7 Å². The first kappa shape index (κ1) is 32.8. The standard InChI is InChI=1S/C37H34F2N6O6/c1-3-26-23(7-6-12-40-26)11-10-22-15-27(44-13-14-49-37(21(44)2)19-48-20-37)35(41-17-22)50-24-16-28(36(46)47)45(18-24)34-31-30(42-33(43-34)32(38)39)25-8-4-5-9-29(25)51-31/h4-9,12,15,17,21,24,28,32H,3,13-14,16,18-20H2,1-2H3,(H,46,47)/t21-,24-,28-/m0/s1. The average Bonchev–Trinajstić information content (AvgIpc) is 3.72. The summed E-state index contributed by atoms with van der Waals surface area (Å²) < 4.78 is 52.5. The molecule has 0 amide bonds. The van der Waals surface area contributed by atoms with E-state index in [-0.39, 0.29) is 35.9 Å². The maximum Gasteiger partial charge on any atom is 0.326 e. The number of nitrogens with zero attached hydrogens (tertiary/aromatic N) is 6. The van der Waals surface area contributed by atoms with Crippen LogP contribution < -0.4 is 14.5 Å². The van der Waals surface area contributed by atoms with E-state index in [1.165, 1.54) is 4.90 Å². The summed E-state index contributed by atoms with van der Waals surface area (Å²) in [6.07, 6.45) is 0.465. The fraction of sp³-hybridized carbons (Fsp3) is 0.378. The van der Waals surface area contributed by atoms with E-state index < -0.39 is 36.0 Å². The van der Waals surface area contributed by atoms with Crippen molar-refractivity contribution in [2.75, 3.05) is 42.7 Å². The highest BCUT2D eigenvalue weighted by atomic mass is 19.3. The van der Waals surface area contributed by atoms with Crippen molar-refractivity contribution in [1.82, 2.24) is 19.9 Å². The molecule has 0 unspecified atom stereocenters. The predicted molar refractivity (Wildman–Crippen MR) is 182 cm³/mol. The van der Waals surface area contributed by atoms with Crippen LogP contribution in [0.15, 0.2) is 59.3 Å². The molecule has 1 aromatic carbocycles. The number of para-hydroxylation sites is 1. The Morgan fingerprint density at radius 2 is 1.98 bits per heavy atom. The summed E-state index contributed by atoms with van der Waals surface area (Å²) in [4.78, 5) is 33.7. The van der Waals surface area contributed by atoms with Gasteiger partial charge in [0.1, 0.15) is 34.5 Å². The molecule has 0 saturated carbocycles. The Hall–Kier alpha value is -5.39. The number of pyridine rings is 2. The minimum atomic E-state index is -2.99. The summed E-state index contributed by atoms with van der Waals surface area (Å²) in [6.45, 7) is 6.05. The topological polar surface area (TPSA) is 136 Å². The number of aromatic nitrogens is 4. The van der Waals surface area contributed by atoms with E-state index in [2.05, 4.69) is 38.6 Å². The van der Waals surface area contributed by atoms with Crippen LogP contribution in [0.2, 0.25) is 0 Å². The van der Waals surface area contributed by atoms with Gasteiger partial charge in [0.25, 0.3) is 6.43 Å². The molecule has 51 heavy (non-hydrogen) atoms. The molecule has 7 heterocycles. The van der Waals surface area contributed by atoms with E-state index in [4.69, 9.17) is 23.6 Å². The second kappa shape index (κ2) is 13.1. The highest BCUT2D eigenvalue weighted by Gasteiger charge is 2.50. The van der Waals surface area contributed by atoms with Crippen LogP contribution >= 0.6 is 0 Å². The van der Waals surface area contributed by atoms with Crippen LogP contribution in [-0.2, 0) is 20.7 Å². The van der Waals surface area contributed by atoms with Crippen LogP contribution in [0, 0.1) is 11.8 Å². The molecule has 0 radical (unpaired) electrons. The number of hydrogen-bond donors (Lipinski definition) is 1. The number of furan rings is 1. The number of alkyl halides is 2. The highest BCUT2D eigenvalue weighted by Crippen LogP contribution is 2.41. The Bertz CT molecular complexity index is 2200. The van der Waals surface area contributed by atoms with E-state index >= 15 is 0 Å². The van der Waals surface area contributed by atoms with Gasteiger partial charge in [-0.1, -0.05) is 30.9 Å². The monoisotopic (exact) mass is 696 g/mol. The summed E-state index contributed by atoms with van der Waals surface area (Å²) >= 11 is 0. The molecule has 3 aliphatic rings. The van der Waals surface area contributed by atoms with Crippen LogP contribution in [-0.4, -0.2) is 87.7 Å². The van der Waals surface area contributed by atoms with Gasteiger partial charge < -0.3 is 33.5 Å². The summed E-state index contributed by atoms with van der Waals surface area (Å²) in [6, 6.07) is 11.4. The van der Waals surface area contributed by atoms with E-state index in [1.807, 2.05) is 25.1 Å². The Morgan fingerprint density at radius 1 is 1.14 bits per heavy atom. The molecule has 1 N–H and O–H groups in total. The summed E-state index contributed by atoms with van der Waals surface area (Å²) in [5, 5.41) is 10.9. The second-order valence-corrected chi connectivity index (χ2v) is 12.9. The number of carbonyl (C=O) groups is 1. The van der Waals surface area contributed by atoms with Gasteiger partial charge in [0, 0.05) is 41.9 Å². The number of anilines is 2. The Morgan fingerprint density at radius 3 is 2.75 bits per heavy atom.